The van der Waals surface area contributed by atoms with Crippen LogP contribution in [0, 0.1) is 0 Å². The van der Waals surface area contributed by atoms with Crippen molar-refractivity contribution in [1.82, 2.24) is 0 Å². The standard InChI is InChI=1S/C14H16Br2N2O3/c1-21-13(20)9-5-8(15)6-10(16)12(9)18-11(19)7-14(17)3-2-4-14/h5-6H,2-4,7,17H2,1H3,(H,18,19). The number of carbonyl (C=O) groups excluding carboxylic acids is 2. The average Bonchev–Trinajstić information content (AvgIpc) is 2.38. The van der Waals surface area contributed by atoms with Crippen LogP contribution in [0.5, 0.6) is 0 Å². The number of nitrogens with one attached hydrogen (secondary N) is 1. The number of methoxy groups -OCH3 is 1. The van der Waals surface area contributed by atoms with E-state index < -0.39 is 11.5 Å². The highest BCUT2D eigenvalue weighted by Crippen LogP contribution is 2.34. The average molecular weight is 420 g/mol. The molecule has 0 unspecified atom stereocenters. The third-order valence-electron chi connectivity index (χ3n) is 3.59. The Hall–Kier alpha value is -0.920. The van der Waals surface area contributed by atoms with Gasteiger partial charge in [0.05, 0.1) is 18.4 Å². The van der Waals surface area contributed by atoms with Gasteiger partial charge in [-0.1, -0.05) is 15.9 Å². The lowest BCUT2D eigenvalue weighted by Crippen LogP contribution is -2.49. The molecule has 114 valence electrons. The summed E-state index contributed by atoms with van der Waals surface area (Å²) in [6.07, 6.45) is 3.01. The summed E-state index contributed by atoms with van der Waals surface area (Å²) in [6.45, 7) is 0. The minimum atomic E-state index is -0.515. The molecule has 7 heteroatoms. The molecule has 0 saturated heterocycles. The van der Waals surface area contributed by atoms with Crippen LogP contribution in [0.2, 0.25) is 0 Å². The summed E-state index contributed by atoms with van der Waals surface area (Å²) >= 11 is 6.66. The molecule has 0 aromatic heterocycles. The normalized spacial score (nSPS) is 16.0. The first kappa shape index (κ1) is 16.5. The lowest BCUT2D eigenvalue weighted by molar-refractivity contribution is -0.118. The molecule has 1 aromatic carbocycles. The molecule has 2 rings (SSSR count). The predicted molar refractivity (Wildman–Crippen MR) is 87.2 cm³/mol. The number of esters is 1. The van der Waals surface area contributed by atoms with Crippen LogP contribution < -0.4 is 11.1 Å². The third kappa shape index (κ3) is 3.84. The van der Waals surface area contributed by atoms with Gasteiger partial charge in [0.15, 0.2) is 0 Å². The van der Waals surface area contributed by atoms with E-state index in [0.717, 1.165) is 19.3 Å². The third-order valence-corrected chi connectivity index (χ3v) is 4.67. The summed E-state index contributed by atoms with van der Waals surface area (Å²) in [5.41, 5.74) is 6.35. The van der Waals surface area contributed by atoms with Crippen molar-refractivity contribution in [2.45, 2.75) is 31.2 Å². The van der Waals surface area contributed by atoms with Crippen molar-refractivity contribution in [1.29, 1.82) is 0 Å². The van der Waals surface area contributed by atoms with E-state index in [4.69, 9.17) is 10.5 Å². The van der Waals surface area contributed by atoms with E-state index in [9.17, 15) is 9.59 Å². The van der Waals surface area contributed by atoms with Crippen molar-refractivity contribution in [2.75, 3.05) is 12.4 Å². The summed E-state index contributed by atoms with van der Waals surface area (Å²) in [5, 5.41) is 2.76. The number of carbonyl (C=O) groups is 2. The first-order valence-corrected chi connectivity index (χ1v) is 8.09. The number of anilines is 1. The maximum atomic E-state index is 12.1. The van der Waals surface area contributed by atoms with Gasteiger partial charge in [0, 0.05) is 20.9 Å². The fraction of sp³-hybridized carbons (Fsp3) is 0.429. The molecule has 1 fully saturated rings. The molecule has 1 amide bonds. The van der Waals surface area contributed by atoms with Crippen LogP contribution in [-0.4, -0.2) is 24.5 Å². The van der Waals surface area contributed by atoms with E-state index in [1.165, 1.54) is 7.11 Å². The maximum absolute atomic E-state index is 12.1. The van der Waals surface area contributed by atoms with Gasteiger partial charge in [-0.2, -0.15) is 0 Å². The molecule has 1 aliphatic rings. The second-order valence-corrected chi connectivity index (χ2v) is 7.01. The number of amides is 1. The Balaban J connectivity index is 2.22. The monoisotopic (exact) mass is 418 g/mol. The first-order valence-electron chi connectivity index (χ1n) is 6.51. The van der Waals surface area contributed by atoms with Gasteiger partial charge < -0.3 is 15.8 Å². The van der Waals surface area contributed by atoms with E-state index in [-0.39, 0.29) is 17.9 Å². The molecular formula is C14H16Br2N2O3. The Morgan fingerprint density at radius 3 is 2.57 bits per heavy atom. The minimum absolute atomic E-state index is 0.203. The summed E-state index contributed by atoms with van der Waals surface area (Å²) in [5.74, 6) is -0.719. The quantitative estimate of drug-likeness (QED) is 0.734. The van der Waals surface area contributed by atoms with Crippen LogP contribution >= 0.6 is 31.9 Å². The van der Waals surface area contributed by atoms with Gasteiger partial charge in [-0.05, 0) is 47.3 Å². The predicted octanol–water partition coefficient (Wildman–Crippen LogP) is 3.21. The molecule has 5 nitrogen and oxygen atoms in total. The van der Waals surface area contributed by atoms with Crippen LogP contribution in [-0.2, 0) is 9.53 Å². The van der Waals surface area contributed by atoms with Crippen molar-refractivity contribution in [2.24, 2.45) is 5.73 Å². The molecule has 0 bridgehead atoms. The zero-order valence-corrected chi connectivity index (χ0v) is 14.7. The Morgan fingerprint density at radius 1 is 1.38 bits per heavy atom. The smallest absolute Gasteiger partial charge is 0.340 e. The van der Waals surface area contributed by atoms with E-state index >= 15 is 0 Å². The molecule has 0 heterocycles. The number of hydrogen-bond acceptors (Lipinski definition) is 4. The lowest BCUT2D eigenvalue weighted by atomic mass is 9.75. The van der Waals surface area contributed by atoms with Crippen LogP contribution in [0.3, 0.4) is 0 Å². The topological polar surface area (TPSA) is 81.4 Å². The molecule has 1 aromatic rings. The summed E-state index contributed by atoms with van der Waals surface area (Å²) in [6, 6.07) is 3.36. The second-order valence-electron chi connectivity index (χ2n) is 5.24. The van der Waals surface area contributed by atoms with E-state index in [1.54, 1.807) is 12.1 Å². The maximum Gasteiger partial charge on any atom is 0.340 e. The van der Waals surface area contributed by atoms with Gasteiger partial charge in [-0.3, -0.25) is 4.79 Å². The van der Waals surface area contributed by atoms with Gasteiger partial charge in [0.1, 0.15) is 0 Å². The van der Waals surface area contributed by atoms with Gasteiger partial charge in [0.2, 0.25) is 5.91 Å². The van der Waals surface area contributed by atoms with Crippen LogP contribution in [0.1, 0.15) is 36.0 Å². The highest BCUT2D eigenvalue weighted by Gasteiger charge is 2.35. The van der Waals surface area contributed by atoms with E-state index in [0.29, 0.717) is 14.6 Å². The van der Waals surface area contributed by atoms with E-state index in [1.807, 2.05) is 0 Å². The molecule has 0 aliphatic heterocycles. The van der Waals surface area contributed by atoms with Crippen LogP contribution in [0.15, 0.2) is 21.1 Å². The Labute approximate surface area is 139 Å². The summed E-state index contributed by atoms with van der Waals surface area (Å²) < 4.78 is 6.06. The summed E-state index contributed by atoms with van der Waals surface area (Å²) in [4.78, 5) is 24.0. The number of ether oxygens (including phenoxy) is 1. The SMILES string of the molecule is COC(=O)c1cc(Br)cc(Br)c1NC(=O)CC1(N)CCC1. The van der Waals surface area contributed by atoms with Gasteiger partial charge in [-0.25, -0.2) is 4.79 Å². The van der Waals surface area contributed by atoms with Crippen molar-refractivity contribution in [3.8, 4) is 0 Å². The van der Waals surface area contributed by atoms with Crippen molar-refractivity contribution >= 4 is 49.4 Å². The molecule has 21 heavy (non-hydrogen) atoms. The zero-order valence-electron chi connectivity index (χ0n) is 11.5. The van der Waals surface area contributed by atoms with Crippen molar-refractivity contribution < 1.29 is 14.3 Å². The Kier molecular flexibility index (Phi) is 5.06. The fourth-order valence-corrected chi connectivity index (χ4v) is 3.61. The number of nitrogens with two attached hydrogens (primary N) is 1. The summed E-state index contributed by atoms with van der Waals surface area (Å²) in [7, 11) is 1.30. The molecule has 1 aliphatic carbocycles. The van der Waals surface area contributed by atoms with E-state index in [2.05, 4.69) is 37.2 Å². The van der Waals surface area contributed by atoms with Gasteiger partial charge in [0.25, 0.3) is 0 Å². The molecule has 3 N–H and O–H groups in total. The number of halogens is 2. The lowest BCUT2D eigenvalue weighted by Gasteiger charge is -2.37. The highest BCUT2D eigenvalue weighted by molar-refractivity contribution is 9.11. The molecule has 0 spiro atoms. The number of hydrogen-bond donors (Lipinski definition) is 2. The Bertz CT molecular complexity index is 586. The molecule has 0 atom stereocenters. The van der Waals surface area contributed by atoms with Crippen LogP contribution in [0.4, 0.5) is 5.69 Å². The largest absolute Gasteiger partial charge is 0.465 e. The molecular weight excluding hydrogens is 404 g/mol. The second kappa shape index (κ2) is 6.46. The fourth-order valence-electron chi connectivity index (χ4n) is 2.28. The van der Waals surface area contributed by atoms with Gasteiger partial charge >= 0.3 is 5.97 Å². The zero-order chi connectivity index (χ0) is 15.6. The van der Waals surface area contributed by atoms with Crippen molar-refractivity contribution in [3.05, 3.63) is 26.6 Å². The number of rotatable bonds is 4. The molecule has 1 saturated carbocycles. The van der Waals surface area contributed by atoms with Crippen LogP contribution in [0.25, 0.3) is 0 Å². The highest BCUT2D eigenvalue weighted by atomic mass is 79.9. The Morgan fingerprint density at radius 2 is 2.05 bits per heavy atom. The number of benzene rings is 1. The van der Waals surface area contributed by atoms with Crippen molar-refractivity contribution in [3.63, 3.8) is 0 Å². The first-order chi connectivity index (χ1) is 9.84. The molecule has 0 radical (unpaired) electrons. The minimum Gasteiger partial charge on any atom is -0.465 e. The van der Waals surface area contributed by atoms with Gasteiger partial charge in [-0.15, -0.1) is 0 Å².